The third-order valence-corrected chi connectivity index (χ3v) is 3.48. The summed E-state index contributed by atoms with van der Waals surface area (Å²) in [7, 11) is 0. The minimum absolute atomic E-state index is 0.0515. The fourth-order valence-electron chi connectivity index (χ4n) is 2.07. The predicted molar refractivity (Wildman–Crippen MR) is 91.5 cm³/mol. The average Bonchev–Trinajstić information content (AvgIpc) is 2.57. The zero-order valence-electron chi connectivity index (χ0n) is 12.7. The quantitative estimate of drug-likeness (QED) is 0.629. The van der Waals surface area contributed by atoms with Crippen molar-refractivity contribution in [1.29, 1.82) is 0 Å². The Balaban J connectivity index is 1.94. The summed E-state index contributed by atoms with van der Waals surface area (Å²) in [5, 5.41) is 6.01. The summed E-state index contributed by atoms with van der Waals surface area (Å²) < 4.78 is 39.6. The van der Waals surface area contributed by atoms with E-state index in [9.17, 15) is 13.2 Å². The van der Waals surface area contributed by atoms with Crippen molar-refractivity contribution in [3.8, 4) is 0 Å². The normalized spacial score (nSPS) is 11.2. The van der Waals surface area contributed by atoms with Crippen LogP contribution in [0, 0.1) is 0 Å². The van der Waals surface area contributed by atoms with E-state index < -0.39 is 11.7 Å². The van der Waals surface area contributed by atoms with Gasteiger partial charge >= 0.3 is 6.18 Å². The van der Waals surface area contributed by atoms with E-state index in [1.807, 2.05) is 6.07 Å². The van der Waals surface area contributed by atoms with Gasteiger partial charge in [0.1, 0.15) is 11.4 Å². The molecule has 2 aromatic carbocycles. The molecule has 0 bridgehead atoms. The van der Waals surface area contributed by atoms with Crippen LogP contribution in [-0.4, -0.2) is 9.97 Å². The second-order valence-corrected chi connectivity index (χ2v) is 5.51. The number of rotatable bonds is 4. The van der Waals surface area contributed by atoms with Gasteiger partial charge in [-0.25, -0.2) is 4.98 Å². The van der Waals surface area contributed by atoms with Crippen LogP contribution in [0.4, 0.5) is 36.3 Å². The van der Waals surface area contributed by atoms with Gasteiger partial charge in [-0.05, 0) is 36.4 Å². The van der Waals surface area contributed by atoms with Crippen molar-refractivity contribution in [2.75, 3.05) is 10.6 Å². The lowest BCUT2D eigenvalue weighted by Gasteiger charge is -2.15. The van der Waals surface area contributed by atoms with Gasteiger partial charge in [-0.3, -0.25) is 0 Å². The van der Waals surface area contributed by atoms with Gasteiger partial charge in [0.15, 0.2) is 0 Å². The molecule has 0 amide bonds. The van der Waals surface area contributed by atoms with Crippen LogP contribution in [0.25, 0.3) is 0 Å². The third kappa shape index (κ3) is 4.39. The van der Waals surface area contributed by atoms with Gasteiger partial charge in [0, 0.05) is 22.6 Å². The topological polar surface area (TPSA) is 49.8 Å². The fraction of sp³-hybridized carbons (Fsp3) is 0.0588. The van der Waals surface area contributed by atoms with Crippen LogP contribution in [0.1, 0.15) is 5.56 Å². The van der Waals surface area contributed by atoms with Crippen molar-refractivity contribution < 1.29 is 13.2 Å². The first-order valence-corrected chi connectivity index (χ1v) is 7.58. The fourth-order valence-corrected chi connectivity index (χ4v) is 2.19. The van der Waals surface area contributed by atoms with E-state index in [-0.39, 0.29) is 11.8 Å². The minimum Gasteiger partial charge on any atom is -0.340 e. The highest BCUT2D eigenvalue weighted by molar-refractivity contribution is 6.30. The number of hydrogen-bond donors (Lipinski definition) is 2. The molecular weight excluding hydrogens is 353 g/mol. The Bertz CT molecular complexity index is 852. The van der Waals surface area contributed by atoms with Crippen LogP contribution in [0.2, 0.25) is 5.02 Å². The van der Waals surface area contributed by atoms with Gasteiger partial charge in [-0.2, -0.15) is 18.2 Å². The molecule has 0 saturated carbocycles. The van der Waals surface area contributed by atoms with Crippen molar-refractivity contribution >= 4 is 34.7 Å². The number of nitrogens with zero attached hydrogens (tertiary/aromatic N) is 2. The van der Waals surface area contributed by atoms with Gasteiger partial charge in [0.05, 0.1) is 0 Å². The van der Waals surface area contributed by atoms with Crippen molar-refractivity contribution in [2.45, 2.75) is 6.18 Å². The second kappa shape index (κ2) is 6.98. The first kappa shape index (κ1) is 17.0. The first-order chi connectivity index (χ1) is 11.9. The minimum atomic E-state index is -4.58. The van der Waals surface area contributed by atoms with Crippen LogP contribution >= 0.6 is 11.6 Å². The van der Waals surface area contributed by atoms with Gasteiger partial charge in [0.25, 0.3) is 0 Å². The molecule has 0 aliphatic rings. The van der Waals surface area contributed by atoms with Crippen molar-refractivity contribution in [2.24, 2.45) is 0 Å². The van der Waals surface area contributed by atoms with Crippen LogP contribution in [0.3, 0.4) is 0 Å². The third-order valence-electron chi connectivity index (χ3n) is 3.23. The number of halogens is 4. The summed E-state index contributed by atoms with van der Waals surface area (Å²) in [6.07, 6.45) is -3.84. The van der Waals surface area contributed by atoms with Crippen LogP contribution in [0.5, 0.6) is 0 Å². The lowest BCUT2D eigenvalue weighted by Crippen LogP contribution is -2.12. The Morgan fingerprint density at radius 3 is 2.12 bits per heavy atom. The summed E-state index contributed by atoms with van der Waals surface area (Å²) in [5.74, 6) is -0.293. The molecule has 0 unspecified atom stereocenters. The molecule has 0 aliphatic carbocycles. The van der Waals surface area contributed by atoms with Crippen LogP contribution in [0.15, 0.2) is 60.8 Å². The Kier molecular flexibility index (Phi) is 4.76. The average molecular weight is 365 g/mol. The predicted octanol–water partition coefficient (Wildman–Crippen LogP) is 5.64. The van der Waals surface area contributed by atoms with E-state index in [0.717, 1.165) is 6.20 Å². The number of para-hydroxylation sites is 1. The van der Waals surface area contributed by atoms with Crippen LogP contribution in [-0.2, 0) is 6.18 Å². The maximum Gasteiger partial charge on any atom is 0.421 e. The molecule has 3 rings (SSSR count). The number of aromatic nitrogens is 2. The van der Waals surface area contributed by atoms with Crippen LogP contribution < -0.4 is 10.6 Å². The molecule has 1 heterocycles. The maximum atomic E-state index is 13.2. The van der Waals surface area contributed by atoms with E-state index in [1.54, 1.807) is 48.5 Å². The summed E-state index contributed by atoms with van der Waals surface area (Å²) >= 11 is 5.79. The molecule has 0 radical (unpaired) electrons. The molecule has 0 atom stereocenters. The van der Waals surface area contributed by atoms with Crippen molar-refractivity contribution in [1.82, 2.24) is 9.97 Å². The second-order valence-electron chi connectivity index (χ2n) is 5.08. The molecule has 1 aromatic heterocycles. The standard InChI is InChI=1S/C17H12ClF3N4/c18-11-6-8-13(9-7-11)23-15-14(17(19,20)21)10-22-16(25-15)24-12-4-2-1-3-5-12/h1-10H,(H2,22,23,24,25). The summed E-state index contributed by atoms with van der Waals surface area (Å²) in [5.41, 5.74) is 0.139. The molecule has 25 heavy (non-hydrogen) atoms. The molecular formula is C17H12ClF3N4. The van der Waals surface area contributed by atoms with E-state index >= 15 is 0 Å². The number of hydrogen-bond acceptors (Lipinski definition) is 4. The highest BCUT2D eigenvalue weighted by atomic mass is 35.5. The highest BCUT2D eigenvalue weighted by Gasteiger charge is 2.35. The van der Waals surface area contributed by atoms with E-state index in [4.69, 9.17) is 11.6 Å². The number of nitrogens with one attached hydrogen (secondary N) is 2. The van der Waals surface area contributed by atoms with E-state index in [1.165, 1.54) is 0 Å². The molecule has 3 aromatic rings. The number of benzene rings is 2. The lowest BCUT2D eigenvalue weighted by atomic mass is 10.2. The molecule has 2 N–H and O–H groups in total. The smallest absolute Gasteiger partial charge is 0.340 e. The molecule has 8 heteroatoms. The van der Waals surface area contributed by atoms with Gasteiger partial charge in [-0.1, -0.05) is 29.8 Å². The number of anilines is 4. The van der Waals surface area contributed by atoms with Gasteiger partial charge in [0.2, 0.25) is 5.95 Å². The molecule has 128 valence electrons. The van der Waals surface area contributed by atoms with E-state index in [0.29, 0.717) is 16.4 Å². The van der Waals surface area contributed by atoms with Crippen molar-refractivity contribution in [3.05, 3.63) is 71.4 Å². The zero-order valence-corrected chi connectivity index (χ0v) is 13.4. The SMILES string of the molecule is FC(F)(F)c1cnc(Nc2ccccc2)nc1Nc1ccc(Cl)cc1. The summed E-state index contributed by atoms with van der Waals surface area (Å²) in [6, 6.07) is 15.2. The summed E-state index contributed by atoms with van der Waals surface area (Å²) in [6.45, 7) is 0. The molecule has 0 spiro atoms. The Hall–Kier alpha value is -2.80. The first-order valence-electron chi connectivity index (χ1n) is 7.21. The molecule has 4 nitrogen and oxygen atoms in total. The largest absolute Gasteiger partial charge is 0.421 e. The van der Waals surface area contributed by atoms with Gasteiger partial charge in [-0.15, -0.1) is 0 Å². The van der Waals surface area contributed by atoms with E-state index in [2.05, 4.69) is 20.6 Å². The summed E-state index contributed by atoms with van der Waals surface area (Å²) in [4.78, 5) is 7.72. The highest BCUT2D eigenvalue weighted by Crippen LogP contribution is 2.35. The maximum absolute atomic E-state index is 13.2. The monoisotopic (exact) mass is 364 g/mol. The Labute approximate surface area is 146 Å². The number of alkyl halides is 3. The lowest BCUT2D eigenvalue weighted by molar-refractivity contribution is -0.137. The molecule has 0 fully saturated rings. The Morgan fingerprint density at radius 2 is 1.48 bits per heavy atom. The molecule has 0 aliphatic heterocycles. The molecule has 0 saturated heterocycles. The van der Waals surface area contributed by atoms with Gasteiger partial charge < -0.3 is 10.6 Å². The zero-order chi connectivity index (χ0) is 17.9. The van der Waals surface area contributed by atoms with Crippen molar-refractivity contribution in [3.63, 3.8) is 0 Å². The Morgan fingerprint density at radius 1 is 0.840 bits per heavy atom.